The number of hydrogen-bond donors (Lipinski definition) is 1. The van der Waals surface area contributed by atoms with Crippen molar-refractivity contribution in [2.75, 3.05) is 5.32 Å². The quantitative estimate of drug-likeness (QED) is 0.890. The van der Waals surface area contributed by atoms with E-state index in [1.165, 1.54) is 11.6 Å². The van der Waals surface area contributed by atoms with Crippen LogP contribution in [0.2, 0.25) is 0 Å². The lowest BCUT2D eigenvalue weighted by Gasteiger charge is -2.17. The lowest BCUT2D eigenvalue weighted by Crippen LogP contribution is -2.08. The normalized spacial score (nSPS) is 11.7. The number of hydrogen-bond acceptors (Lipinski definition) is 2. The first-order chi connectivity index (χ1) is 9.65. The van der Waals surface area contributed by atoms with Gasteiger partial charge in [-0.2, -0.15) is 5.26 Å². The molecule has 2 aromatic rings. The third-order valence-corrected chi connectivity index (χ3v) is 3.39. The maximum atomic E-state index is 13.5. The van der Waals surface area contributed by atoms with Gasteiger partial charge in [0.05, 0.1) is 5.69 Å². The highest BCUT2D eigenvalue weighted by Crippen LogP contribution is 2.24. The van der Waals surface area contributed by atoms with Crippen LogP contribution in [0.15, 0.2) is 42.5 Å². The van der Waals surface area contributed by atoms with E-state index in [0.29, 0.717) is 5.69 Å². The summed E-state index contributed by atoms with van der Waals surface area (Å²) >= 11 is 0. The molecule has 0 saturated carbocycles. The van der Waals surface area contributed by atoms with Gasteiger partial charge < -0.3 is 5.32 Å². The molecule has 0 aliphatic carbocycles. The summed E-state index contributed by atoms with van der Waals surface area (Å²) in [5.41, 5.74) is 2.98. The van der Waals surface area contributed by atoms with Crippen LogP contribution in [0.3, 0.4) is 0 Å². The molecule has 102 valence electrons. The molecule has 3 heteroatoms. The zero-order chi connectivity index (χ0) is 14.5. The van der Waals surface area contributed by atoms with Gasteiger partial charge in [-0.3, -0.25) is 0 Å². The highest BCUT2D eigenvalue weighted by molar-refractivity contribution is 5.58. The molecule has 0 heterocycles. The number of benzene rings is 2. The number of nitrogens with zero attached hydrogens (tertiary/aromatic N) is 1. The Labute approximate surface area is 118 Å². The van der Waals surface area contributed by atoms with Crippen LogP contribution in [-0.4, -0.2) is 0 Å². The van der Waals surface area contributed by atoms with Crippen molar-refractivity contribution in [3.63, 3.8) is 0 Å². The lowest BCUT2D eigenvalue weighted by atomic mass is 10.0. The summed E-state index contributed by atoms with van der Waals surface area (Å²) in [7, 11) is 0. The molecule has 2 aromatic carbocycles. The minimum atomic E-state index is -0.494. The molecule has 0 radical (unpaired) electrons. The summed E-state index contributed by atoms with van der Waals surface area (Å²) in [5.74, 6) is -0.494. The zero-order valence-corrected chi connectivity index (χ0v) is 11.7. The van der Waals surface area contributed by atoms with Gasteiger partial charge in [-0.15, -0.1) is 0 Å². The number of aryl methyl sites for hydroxylation is 1. The van der Waals surface area contributed by atoms with Crippen LogP contribution in [0.5, 0.6) is 0 Å². The van der Waals surface area contributed by atoms with Crippen LogP contribution < -0.4 is 5.32 Å². The van der Waals surface area contributed by atoms with Crippen LogP contribution in [0.25, 0.3) is 0 Å². The smallest absolute Gasteiger partial charge is 0.143 e. The van der Waals surface area contributed by atoms with Gasteiger partial charge in [0.2, 0.25) is 0 Å². The van der Waals surface area contributed by atoms with Gasteiger partial charge in [-0.1, -0.05) is 37.3 Å². The van der Waals surface area contributed by atoms with E-state index in [2.05, 4.69) is 36.5 Å². The molecule has 1 unspecified atom stereocenters. The molecular formula is C17H17FN2. The molecule has 0 aliphatic heterocycles. The highest BCUT2D eigenvalue weighted by Gasteiger charge is 2.11. The van der Waals surface area contributed by atoms with Crippen molar-refractivity contribution in [3.8, 4) is 6.07 Å². The molecule has 0 amide bonds. The van der Waals surface area contributed by atoms with Gasteiger partial charge in [-0.25, -0.2) is 4.39 Å². The molecule has 0 aliphatic rings. The second-order valence-corrected chi connectivity index (χ2v) is 4.74. The predicted molar refractivity (Wildman–Crippen MR) is 79.0 cm³/mol. The molecule has 2 nitrogen and oxygen atoms in total. The fourth-order valence-electron chi connectivity index (χ4n) is 2.12. The summed E-state index contributed by atoms with van der Waals surface area (Å²) in [6.45, 7) is 4.11. The highest BCUT2D eigenvalue weighted by atomic mass is 19.1. The fraction of sp³-hybridized carbons (Fsp3) is 0.235. The molecule has 1 N–H and O–H groups in total. The summed E-state index contributed by atoms with van der Waals surface area (Å²) in [6.07, 6.45) is 1.00. The Bertz CT molecular complexity index is 626. The average molecular weight is 268 g/mol. The van der Waals surface area contributed by atoms with E-state index < -0.39 is 5.82 Å². The van der Waals surface area contributed by atoms with E-state index in [-0.39, 0.29) is 11.6 Å². The van der Waals surface area contributed by atoms with Gasteiger partial charge in [0.15, 0.2) is 0 Å². The van der Waals surface area contributed by atoms with Gasteiger partial charge in [-0.05, 0) is 36.6 Å². The Kier molecular flexibility index (Phi) is 4.37. The zero-order valence-electron chi connectivity index (χ0n) is 11.7. The molecule has 1 atom stereocenters. The minimum Gasteiger partial charge on any atom is -0.377 e. The molecule has 0 aromatic heterocycles. The Hall–Kier alpha value is -2.34. The lowest BCUT2D eigenvalue weighted by molar-refractivity contribution is 0.624. The van der Waals surface area contributed by atoms with Crippen molar-refractivity contribution in [2.24, 2.45) is 0 Å². The first-order valence-corrected chi connectivity index (χ1v) is 6.69. The van der Waals surface area contributed by atoms with Crippen LogP contribution >= 0.6 is 0 Å². The number of rotatable bonds is 4. The van der Waals surface area contributed by atoms with Crippen LogP contribution in [-0.2, 0) is 6.42 Å². The van der Waals surface area contributed by atoms with E-state index in [0.717, 1.165) is 12.0 Å². The maximum Gasteiger partial charge on any atom is 0.143 e. The first-order valence-electron chi connectivity index (χ1n) is 6.69. The Morgan fingerprint density at radius 2 is 1.90 bits per heavy atom. The Balaban J connectivity index is 2.21. The van der Waals surface area contributed by atoms with Crippen molar-refractivity contribution in [3.05, 3.63) is 65.0 Å². The monoisotopic (exact) mass is 268 g/mol. The summed E-state index contributed by atoms with van der Waals surface area (Å²) in [4.78, 5) is 0. The van der Waals surface area contributed by atoms with Crippen molar-refractivity contribution >= 4 is 5.69 Å². The Morgan fingerprint density at radius 1 is 1.20 bits per heavy atom. The molecular weight excluding hydrogens is 251 g/mol. The minimum absolute atomic E-state index is 0.00908. The summed E-state index contributed by atoms with van der Waals surface area (Å²) in [6, 6.07) is 14.8. The van der Waals surface area contributed by atoms with E-state index in [1.54, 1.807) is 12.1 Å². The number of nitrogens with one attached hydrogen (secondary N) is 1. The molecule has 0 spiro atoms. The van der Waals surface area contributed by atoms with Crippen molar-refractivity contribution in [2.45, 2.75) is 26.3 Å². The number of halogens is 1. The summed E-state index contributed by atoms with van der Waals surface area (Å²) < 4.78 is 13.5. The third kappa shape index (κ3) is 2.97. The molecule has 0 fully saturated rings. The average Bonchev–Trinajstić information content (AvgIpc) is 2.47. The maximum absolute atomic E-state index is 13.5. The number of anilines is 1. The van der Waals surface area contributed by atoms with E-state index in [9.17, 15) is 4.39 Å². The van der Waals surface area contributed by atoms with Crippen molar-refractivity contribution in [1.29, 1.82) is 5.26 Å². The standard InChI is InChI=1S/C17H17FN2/c1-3-13-7-9-14(10-8-13)12(2)20-17-6-4-5-16(18)15(17)11-19/h4-10,12,20H,3H2,1-2H3. The van der Waals surface area contributed by atoms with E-state index >= 15 is 0 Å². The Morgan fingerprint density at radius 3 is 2.50 bits per heavy atom. The fourth-order valence-corrected chi connectivity index (χ4v) is 2.12. The third-order valence-electron chi connectivity index (χ3n) is 3.39. The van der Waals surface area contributed by atoms with Crippen molar-refractivity contribution in [1.82, 2.24) is 0 Å². The van der Waals surface area contributed by atoms with Crippen LogP contribution in [0, 0.1) is 17.1 Å². The summed E-state index contributed by atoms with van der Waals surface area (Å²) in [5, 5.41) is 12.2. The van der Waals surface area contributed by atoms with Crippen molar-refractivity contribution < 1.29 is 4.39 Å². The second-order valence-electron chi connectivity index (χ2n) is 4.74. The SMILES string of the molecule is CCc1ccc(C(C)Nc2cccc(F)c2C#N)cc1. The van der Waals surface area contributed by atoms with Gasteiger partial charge in [0, 0.05) is 6.04 Å². The molecule has 0 saturated heterocycles. The van der Waals surface area contributed by atoms with Crippen LogP contribution in [0.1, 0.15) is 36.6 Å². The van der Waals surface area contributed by atoms with E-state index in [4.69, 9.17) is 5.26 Å². The predicted octanol–water partition coefficient (Wildman–Crippen LogP) is 4.43. The molecule has 0 bridgehead atoms. The first kappa shape index (κ1) is 14.1. The molecule has 2 rings (SSSR count). The molecule has 20 heavy (non-hydrogen) atoms. The van der Waals surface area contributed by atoms with E-state index in [1.807, 2.05) is 13.0 Å². The van der Waals surface area contributed by atoms with Gasteiger partial charge in [0.1, 0.15) is 17.4 Å². The van der Waals surface area contributed by atoms with Crippen LogP contribution in [0.4, 0.5) is 10.1 Å². The number of nitriles is 1. The van der Waals surface area contributed by atoms with Gasteiger partial charge in [0.25, 0.3) is 0 Å². The largest absolute Gasteiger partial charge is 0.377 e. The second kappa shape index (κ2) is 6.21. The van der Waals surface area contributed by atoms with Gasteiger partial charge >= 0.3 is 0 Å². The topological polar surface area (TPSA) is 35.8 Å².